The maximum Gasteiger partial charge on any atom is 0.306 e. The van der Waals surface area contributed by atoms with Gasteiger partial charge in [0.15, 0.2) is 0 Å². The second-order valence-electron chi connectivity index (χ2n) is 4.97. The summed E-state index contributed by atoms with van der Waals surface area (Å²) in [7, 11) is 0. The van der Waals surface area contributed by atoms with E-state index in [1.807, 2.05) is 0 Å². The Morgan fingerprint density at radius 3 is 2.32 bits per heavy atom. The van der Waals surface area contributed by atoms with Crippen LogP contribution in [0, 0.1) is 17.6 Å². The Morgan fingerprint density at radius 1 is 1.21 bits per heavy atom. The zero-order valence-electron chi connectivity index (χ0n) is 10.5. The molecule has 0 aromatic heterocycles. The van der Waals surface area contributed by atoms with Crippen LogP contribution in [-0.2, 0) is 11.3 Å². The lowest BCUT2D eigenvalue weighted by Crippen LogP contribution is -2.34. The van der Waals surface area contributed by atoms with Gasteiger partial charge in [0.2, 0.25) is 0 Å². The largest absolute Gasteiger partial charge is 0.481 e. The highest BCUT2D eigenvalue weighted by atomic mass is 19.1. The summed E-state index contributed by atoms with van der Waals surface area (Å²) in [5, 5.41) is 12.0. The smallest absolute Gasteiger partial charge is 0.306 e. The van der Waals surface area contributed by atoms with E-state index < -0.39 is 17.6 Å². The quantitative estimate of drug-likeness (QED) is 0.883. The van der Waals surface area contributed by atoms with Crippen molar-refractivity contribution in [2.75, 3.05) is 0 Å². The Morgan fingerprint density at radius 2 is 1.79 bits per heavy atom. The highest BCUT2D eigenvalue weighted by Gasteiger charge is 2.25. The number of carboxylic acids is 1. The molecule has 104 valence electrons. The van der Waals surface area contributed by atoms with Crippen LogP contribution in [0.1, 0.15) is 31.2 Å². The van der Waals surface area contributed by atoms with Crippen LogP contribution in [0.25, 0.3) is 0 Å². The summed E-state index contributed by atoms with van der Waals surface area (Å²) in [4.78, 5) is 10.8. The van der Waals surface area contributed by atoms with Gasteiger partial charge in [-0.25, -0.2) is 8.78 Å². The minimum atomic E-state index is -0.751. The number of carboxylic acid groups (broad SMARTS) is 1. The number of hydrogen-bond acceptors (Lipinski definition) is 2. The van der Waals surface area contributed by atoms with Gasteiger partial charge in [-0.1, -0.05) is 6.07 Å². The molecule has 0 unspecified atom stereocenters. The van der Waals surface area contributed by atoms with Gasteiger partial charge in [0.1, 0.15) is 11.6 Å². The fourth-order valence-corrected chi connectivity index (χ4v) is 2.49. The monoisotopic (exact) mass is 269 g/mol. The number of nitrogens with one attached hydrogen (secondary N) is 1. The van der Waals surface area contributed by atoms with E-state index in [0.717, 1.165) is 12.8 Å². The SMILES string of the molecule is O=C(O)C1CCC(NCc2c(F)cccc2F)CC1. The van der Waals surface area contributed by atoms with E-state index in [4.69, 9.17) is 5.11 Å². The van der Waals surface area contributed by atoms with E-state index in [0.29, 0.717) is 12.8 Å². The van der Waals surface area contributed by atoms with Crippen molar-refractivity contribution >= 4 is 5.97 Å². The number of halogens is 2. The summed E-state index contributed by atoms with van der Waals surface area (Å²) in [6.07, 6.45) is 2.69. The van der Waals surface area contributed by atoms with Gasteiger partial charge in [0.05, 0.1) is 5.92 Å². The predicted octanol–water partition coefficient (Wildman–Crippen LogP) is 2.70. The molecule has 0 heterocycles. The molecular formula is C14H17F2NO2. The first-order chi connectivity index (χ1) is 9.08. The minimum Gasteiger partial charge on any atom is -0.481 e. The summed E-state index contributed by atoms with van der Waals surface area (Å²) in [6.45, 7) is 0.140. The van der Waals surface area contributed by atoms with Crippen LogP contribution in [0.5, 0.6) is 0 Å². The molecule has 1 aliphatic carbocycles. The van der Waals surface area contributed by atoms with Crippen LogP contribution in [0.4, 0.5) is 8.78 Å². The molecule has 2 N–H and O–H groups in total. The van der Waals surface area contributed by atoms with Gasteiger partial charge >= 0.3 is 5.97 Å². The fourth-order valence-electron chi connectivity index (χ4n) is 2.49. The summed E-state index contributed by atoms with van der Waals surface area (Å²) in [5.41, 5.74) is 0.0443. The van der Waals surface area contributed by atoms with Crippen molar-refractivity contribution in [3.63, 3.8) is 0 Å². The van der Waals surface area contributed by atoms with Crippen LogP contribution in [0.3, 0.4) is 0 Å². The molecule has 19 heavy (non-hydrogen) atoms. The second kappa shape index (κ2) is 6.10. The molecule has 2 rings (SSSR count). The van der Waals surface area contributed by atoms with Gasteiger partial charge in [-0.15, -0.1) is 0 Å². The molecule has 0 bridgehead atoms. The summed E-state index contributed by atoms with van der Waals surface area (Å²) in [5.74, 6) is -2.12. The molecule has 0 amide bonds. The summed E-state index contributed by atoms with van der Waals surface area (Å²) < 4.78 is 26.8. The Hall–Kier alpha value is -1.49. The predicted molar refractivity (Wildman–Crippen MR) is 66.6 cm³/mol. The zero-order valence-corrected chi connectivity index (χ0v) is 10.5. The molecule has 1 fully saturated rings. The Kier molecular flexibility index (Phi) is 4.47. The number of hydrogen-bond donors (Lipinski definition) is 2. The van der Waals surface area contributed by atoms with Gasteiger partial charge in [-0.05, 0) is 37.8 Å². The van der Waals surface area contributed by atoms with Crippen LogP contribution in [0.15, 0.2) is 18.2 Å². The van der Waals surface area contributed by atoms with E-state index in [2.05, 4.69) is 5.32 Å². The molecule has 3 nitrogen and oxygen atoms in total. The average molecular weight is 269 g/mol. The molecule has 5 heteroatoms. The lowest BCUT2D eigenvalue weighted by Gasteiger charge is -2.27. The Balaban J connectivity index is 1.86. The van der Waals surface area contributed by atoms with E-state index in [1.54, 1.807) is 0 Å². The van der Waals surface area contributed by atoms with E-state index in [1.165, 1.54) is 18.2 Å². The maximum atomic E-state index is 13.4. The molecule has 1 aliphatic rings. The van der Waals surface area contributed by atoms with Gasteiger partial charge < -0.3 is 10.4 Å². The summed E-state index contributed by atoms with van der Waals surface area (Å²) in [6, 6.07) is 3.95. The number of aliphatic carboxylic acids is 1. The average Bonchev–Trinajstić information content (AvgIpc) is 2.38. The van der Waals surface area contributed by atoms with Crippen LogP contribution in [-0.4, -0.2) is 17.1 Å². The molecule has 0 saturated heterocycles. The lowest BCUT2D eigenvalue weighted by atomic mass is 9.86. The number of carbonyl (C=O) groups is 1. The molecule has 1 aromatic rings. The summed E-state index contributed by atoms with van der Waals surface area (Å²) >= 11 is 0. The molecule has 0 radical (unpaired) electrons. The van der Waals surface area contributed by atoms with E-state index in [-0.39, 0.29) is 24.1 Å². The van der Waals surface area contributed by atoms with Crippen molar-refractivity contribution in [2.45, 2.75) is 38.3 Å². The van der Waals surface area contributed by atoms with Gasteiger partial charge in [-0.2, -0.15) is 0 Å². The Labute approximate surface area is 110 Å². The molecule has 0 aliphatic heterocycles. The normalized spacial score (nSPS) is 23.3. The first-order valence-electron chi connectivity index (χ1n) is 6.47. The molecule has 0 spiro atoms. The molecule has 0 atom stereocenters. The molecular weight excluding hydrogens is 252 g/mol. The standard InChI is InChI=1S/C14H17F2NO2/c15-12-2-1-3-13(16)11(12)8-17-10-6-4-9(5-7-10)14(18)19/h1-3,9-10,17H,4-8H2,(H,18,19). The number of rotatable bonds is 4. The third-order valence-electron chi connectivity index (χ3n) is 3.71. The van der Waals surface area contributed by atoms with E-state index >= 15 is 0 Å². The molecule has 1 saturated carbocycles. The molecule has 1 aromatic carbocycles. The van der Waals surface area contributed by atoms with Crippen LogP contribution in [0.2, 0.25) is 0 Å². The highest BCUT2D eigenvalue weighted by molar-refractivity contribution is 5.70. The van der Waals surface area contributed by atoms with Crippen molar-refractivity contribution in [1.82, 2.24) is 5.32 Å². The fraction of sp³-hybridized carbons (Fsp3) is 0.500. The first kappa shape index (κ1) is 13.9. The van der Waals surface area contributed by atoms with Crippen LogP contribution >= 0.6 is 0 Å². The first-order valence-corrected chi connectivity index (χ1v) is 6.47. The zero-order chi connectivity index (χ0) is 13.8. The topological polar surface area (TPSA) is 49.3 Å². The van der Waals surface area contributed by atoms with E-state index in [9.17, 15) is 13.6 Å². The second-order valence-corrected chi connectivity index (χ2v) is 4.97. The van der Waals surface area contributed by atoms with Crippen LogP contribution < -0.4 is 5.32 Å². The third kappa shape index (κ3) is 3.50. The maximum absolute atomic E-state index is 13.4. The Bertz CT molecular complexity index is 437. The van der Waals surface area contributed by atoms with Gasteiger partial charge in [0.25, 0.3) is 0 Å². The minimum absolute atomic E-state index is 0.0443. The van der Waals surface area contributed by atoms with Crippen molar-refractivity contribution < 1.29 is 18.7 Å². The van der Waals surface area contributed by atoms with Crippen molar-refractivity contribution in [2.24, 2.45) is 5.92 Å². The van der Waals surface area contributed by atoms with Crippen molar-refractivity contribution in [3.8, 4) is 0 Å². The van der Waals surface area contributed by atoms with Crippen molar-refractivity contribution in [3.05, 3.63) is 35.4 Å². The highest BCUT2D eigenvalue weighted by Crippen LogP contribution is 2.25. The lowest BCUT2D eigenvalue weighted by molar-refractivity contribution is -0.142. The van der Waals surface area contributed by atoms with Gasteiger partial charge in [-0.3, -0.25) is 4.79 Å². The number of benzene rings is 1. The third-order valence-corrected chi connectivity index (χ3v) is 3.71. The van der Waals surface area contributed by atoms with Gasteiger partial charge in [0, 0.05) is 18.2 Å². The van der Waals surface area contributed by atoms with Crippen molar-refractivity contribution in [1.29, 1.82) is 0 Å².